The average molecular weight is 410 g/mol. The highest BCUT2D eigenvalue weighted by Gasteiger charge is 2.17. The van der Waals surface area contributed by atoms with Gasteiger partial charge in [0, 0.05) is 10.9 Å². The zero-order chi connectivity index (χ0) is 20.6. The number of nitrogens with zero attached hydrogens (tertiary/aromatic N) is 1. The van der Waals surface area contributed by atoms with Crippen LogP contribution in [0.15, 0.2) is 60.0 Å². The van der Waals surface area contributed by atoms with Crippen LogP contribution in [-0.4, -0.2) is 29.4 Å². The monoisotopic (exact) mass is 410 g/mol. The number of benzene rings is 2. The molecule has 1 heterocycles. The SMILES string of the molecule is Cc1nc(COc2ccccc2C(=O)OCC(=O)NC(=O)c2ccccc2)cs1. The first-order chi connectivity index (χ1) is 14.0. The summed E-state index contributed by atoms with van der Waals surface area (Å²) in [5.41, 5.74) is 1.28. The van der Waals surface area contributed by atoms with Crippen LogP contribution in [0.2, 0.25) is 0 Å². The summed E-state index contributed by atoms with van der Waals surface area (Å²) in [7, 11) is 0. The predicted octanol–water partition coefficient (Wildman–Crippen LogP) is 3.14. The molecule has 2 amide bonds. The van der Waals surface area contributed by atoms with Gasteiger partial charge in [-0.2, -0.15) is 0 Å². The number of carbonyl (C=O) groups excluding carboxylic acids is 3. The molecule has 3 rings (SSSR count). The summed E-state index contributed by atoms with van der Waals surface area (Å²) in [5, 5.41) is 4.98. The highest BCUT2D eigenvalue weighted by atomic mass is 32.1. The molecule has 148 valence electrons. The second kappa shape index (κ2) is 9.61. The van der Waals surface area contributed by atoms with Gasteiger partial charge in [0.25, 0.3) is 11.8 Å². The first-order valence-corrected chi connectivity index (χ1v) is 9.60. The van der Waals surface area contributed by atoms with Crippen molar-refractivity contribution in [1.29, 1.82) is 0 Å². The lowest BCUT2D eigenvalue weighted by Gasteiger charge is -2.10. The average Bonchev–Trinajstić information content (AvgIpc) is 3.16. The van der Waals surface area contributed by atoms with Crippen LogP contribution < -0.4 is 10.1 Å². The number of nitrogens with one attached hydrogen (secondary N) is 1. The maximum absolute atomic E-state index is 12.4. The normalized spacial score (nSPS) is 10.2. The van der Waals surface area contributed by atoms with E-state index in [1.54, 1.807) is 48.5 Å². The molecule has 0 spiro atoms. The summed E-state index contributed by atoms with van der Waals surface area (Å²) in [6.45, 7) is 1.52. The standard InChI is InChI=1S/C21H18N2O5S/c1-14-22-16(13-29-14)11-27-18-10-6-5-9-17(18)21(26)28-12-19(24)23-20(25)15-7-3-2-4-8-15/h2-10,13H,11-12H2,1H3,(H,23,24,25). The fraction of sp³-hybridized carbons (Fsp3) is 0.143. The molecule has 2 aromatic carbocycles. The lowest BCUT2D eigenvalue weighted by Crippen LogP contribution is -2.34. The van der Waals surface area contributed by atoms with Crippen molar-refractivity contribution in [2.45, 2.75) is 13.5 Å². The van der Waals surface area contributed by atoms with Crippen LogP contribution in [0, 0.1) is 6.92 Å². The third-order valence-corrected chi connectivity index (χ3v) is 4.59. The Hall–Kier alpha value is -3.52. The number of hydrogen-bond donors (Lipinski definition) is 1. The molecule has 0 saturated heterocycles. The van der Waals surface area contributed by atoms with E-state index in [0.29, 0.717) is 11.3 Å². The highest BCUT2D eigenvalue weighted by Crippen LogP contribution is 2.21. The van der Waals surface area contributed by atoms with E-state index in [2.05, 4.69) is 10.3 Å². The van der Waals surface area contributed by atoms with Crippen molar-refractivity contribution >= 4 is 29.1 Å². The Kier molecular flexibility index (Phi) is 6.70. The molecule has 8 heteroatoms. The zero-order valence-electron chi connectivity index (χ0n) is 15.6. The molecule has 7 nitrogen and oxygen atoms in total. The van der Waals surface area contributed by atoms with Gasteiger partial charge in [0.05, 0.1) is 10.7 Å². The molecule has 0 atom stereocenters. The molecule has 3 aromatic rings. The number of carbonyl (C=O) groups is 3. The van der Waals surface area contributed by atoms with E-state index < -0.39 is 24.4 Å². The van der Waals surface area contributed by atoms with Crippen molar-refractivity contribution in [3.8, 4) is 5.75 Å². The fourth-order valence-electron chi connectivity index (χ4n) is 2.42. The molecular weight excluding hydrogens is 392 g/mol. The number of aryl methyl sites for hydroxylation is 1. The molecular formula is C21H18N2O5S. The van der Waals surface area contributed by atoms with Gasteiger partial charge in [-0.3, -0.25) is 14.9 Å². The smallest absolute Gasteiger partial charge is 0.342 e. The van der Waals surface area contributed by atoms with Crippen LogP contribution in [0.3, 0.4) is 0 Å². The molecule has 29 heavy (non-hydrogen) atoms. The van der Waals surface area contributed by atoms with Gasteiger partial charge in [-0.1, -0.05) is 30.3 Å². The van der Waals surface area contributed by atoms with Crippen molar-refractivity contribution in [3.63, 3.8) is 0 Å². The summed E-state index contributed by atoms with van der Waals surface area (Å²) in [5.74, 6) is -1.68. The van der Waals surface area contributed by atoms with Crippen LogP contribution in [0.5, 0.6) is 5.75 Å². The Morgan fingerprint density at radius 1 is 1.03 bits per heavy atom. The molecule has 0 unspecified atom stereocenters. The van der Waals surface area contributed by atoms with E-state index in [9.17, 15) is 14.4 Å². The van der Waals surface area contributed by atoms with Gasteiger partial charge in [-0.05, 0) is 31.2 Å². The molecule has 0 saturated carbocycles. The molecule has 1 aromatic heterocycles. The Morgan fingerprint density at radius 3 is 2.48 bits per heavy atom. The maximum atomic E-state index is 12.4. The molecule has 0 bridgehead atoms. The number of rotatable bonds is 7. The van der Waals surface area contributed by atoms with Crippen LogP contribution in [0.25, 0.3) is 0 Å². The van der Waals surface area contributed by atoms with Crippen LogP contribution in [0.4, 0.5) is 0 Å². The number of hydrogen-bond acceptors (Lipinski definition) is 7. The van der Waals surface area contributed by atoms with Crippen LogP contribution in [-0.2, 0) is 16.1 Å². The summed E-state index contributed by atoms with van der Waals surface area (Å²) in [6.07, 6.45) is 0. The Morgan fingerprint density at radius 2 is 1.76 bits per heavy atom. The van der Waals surface area contributed by atoms with E-state index in [0.717, 1.165) is 10.7 Å². The van der Waals surface area contributed by atoms with Gasteiger partial charge >= 0.3 is 5.97 Å². The van der Waals surface area contributed by atoms with Gasteiger partial charge in [-0.25, -0.2) is 9.78 Å². The Labute approximate surface area is 171 Å². The Bertz CT molecular complexity index is 1020. The highest BCUT2D eigenvalue weighted by molar-refractivity contribution is 7.09. The van der Waals surface area contributed by atoms with E-state index in [1.165, 1.54) is 17.4 Å². The third kappa shape index (κ3) is 5.73. The molecule has 1 N–H and O–H groups in total. The lowest BCUT2D eigenvalue weighted by molar-refractivity contribution is -0.123. The number of esters is 1. The second-order valence-corrected chi connectivity index (χ2v) is 7.02. The van der Waals surface area contributed by atoms with E-state index in [-0.39, 0.29) is 12.2 Å². The number of imide groups is 1. The van der Waals surface area contributed by atoms with Crippen molar-refractivity contribution in [2.75, 3.05) is 6.61 Å². The van der Waals surface area contributed by atoms with Gasteiger partial charge < -0.3 is 9.47 Å². The zero-order valence-corrected chi connectivity index (χ0v) is 16.4. The molecule has 0 radical (unpaired) electrons. The van der Waals surface area contributed by atoms with Gasteiger partial charge in [0.1, 0.15) is 17.9 Å². The summed E-state index contributed by atoms with van der Waals surface area (Å²) in [4.78, 5) is 40.5. The van der Waals surface area contributed by atoms with Crippen molar-refractivity contribution in [1.82, 2.24) is 10.3 Å². The largest absolute Gasteiger partial charge is 0.486 e. The van der Waals surface area contributed by atoms with Gasteiger partial charge in [-0.15, -0.1) is 11.3 Å². The molecule has 0 aliphatic rings. The molecule has 0 aliphatic carbocycles. The van der Waals surface area contributed by atoms with E-state index in [1.807, 2.05) is 12.3 Å². The van der Waals surface area contributed by atoms with Crippen LogP contribution >= 0.6 is 11.3 Å². The van der Waals surface area contributed by atoms with Crippen molar-refractivity contribution in [3.05, 3.63) is 81.8 Å². The minimum absolute atomic E-state index is 0.182. The number of thiazole rings is 1. The fourth-order valence-corrected chi connectivity index (χ4v) is 3.02. The van der Waals surface area contributed by atoms with Gasteiger partial charge in [0.15, 0.2) is 6.61 Å². The van der Waals surface area contributed by atoms with E-state index in [4.69, 9.17) is 9.47 Å². The first kappa shape index (κ1) is 20.2. The Balaban J connectivity index is 1.55. The lowest BCUT2D eigenvalue weighted by atomic mass is 10.2. The van der Waals surface area contributed by atoms with Crippen molar-refractivity contribution < 1.29 is 23.9 Å². The maximum Gasteiger partial charge on any atom is 0.342 e. The number of ether oxygens (including phenoxy) is 2. The third-order valence-electron chi connectivity index (χ3n) is 3.77. The molecule has 0 aliphatic heterocycles. The first-order valence-electron chi connectivity index (χ1n) is 8.72. The topological polar surface area (TPSA) is 94.6 Å². The summed E-state index contributed by atoms with van der Waals surface area (Å²) >= 11 is 1.51. The van der Waals surface area contributed by atoms with Gasteiger partial charge in [0.2, 0.25) is 0 Å². The quantitative estimate of drug-likeness (QED) is 0.602. The van der Waals surface area contributed by atoms with Crippen LogP contribution in [0.1, 0.15) is 31.4 Å². The predicted molar refractivity (Wildman–Crippen MR) is 107 cm³/mol. The second-order valence-electron chi connectivity index (χ2n) is 5.96. The van der Waals surface area contributed by atoms with E-state index >= 15 is 0 Å². The minimum Gasteiger partial charge on any atom is -0.486 e. The summed E-state index contributed by atoms with van der Waals surface area (Å²) in [6, 6.07) is 14.8. The number of amides is 2. The minimum atomic E-state index is -0.725. The number of aromatic nitrogens is 1. The summed E-state index contributed by atoms with van der Waals surface area (Å²) < 4.78 is 10.7. The molecule has 0 fully saturated rings. The van der Waals surface area contributed by atoms with Crippen molar-refractivity contribution in [2.24, 2.45) is 0 Å². The number of para-hydroxylation sites is 1.